The summed E-state index contributed by atoms with van der Waals surface area (Å²) < 4.78 is 0.857. The Balaban J connectivity index is 2.13. The summed E-state index contributed by atoms with van der Waals surface area (Å²) in [4.78, 5) is 12.5. The van der Waals surface area contributed by atoms with Gasteiger partial charge in [-0.25, -0.2) is 15.0 Å². The van der Waals surface area contributed by atoms with Crippen LogP contribution >= 0.6 is 27.3 Å². The van der Waals surface area contributed by atoms with Gasteiger partial charge in [-0.3, -0.25) is 0 Å². The van der Waals surface area contributed by atoms with E-state index >= 15 is 0 Å². The molecule has 2 rings (SSSR count). The number of aryl methyl sites for hydroxylation is 1. The molecule has 1 N–H and O–H groups in total. The zero-order valence-electron chi connectivity index (χ0n) is 8.94. The molecule has 0 aromatic carbocycles. The van der Waals surface area contributed by atoms with E-state index in [1.165, 1.54) is 6.33 Å². The molecule has 0 amide bonds. The Morgan fingerprint density at radius 1 is 1.50 bits per heavy atom. The topological polar surface area (TPSA) is 50.7 Å². The second-order valence-electron chi connectivity index (χ2n) is 3.41. The molecule has 6 heteroatoms. The van der Waals surface area contributed by atoms with Gasteiger partial charge >= 0.3 is 0 Å². The highest BCUT2D eigenvalue weighted by Gasteiger charge is 2.11. The standard InChI is InChI=1S/C10H11BrN4S/c1-6-4-16-10(14-6)7(2)15-9-8(11)3-12-5-13-9/h3-5,7H,1-2H3,(H,12,13,15). The fraction of sp³-hybridized carbons (Fsp3) is 0.300. The molecule has 1 atom stereocenters. The van der Waals surface area contributed by atoms with E-state index < -0.39 is 0 Å². The van der Waals surface area contributed by atoms with Gasteiger partial charge in [-0.05, 0) is 29.8 Å². The number of nitrogens with one attached hydrogen (secondary N) is 1. The lowest BCUT2D eigenvalue weighted by Gasteiger charge is -2.12. The van der Waals surface area contributed by atoms with Crippen molar-refractivity contribution in [3.63, 3.8) is 0 Å². The molecular formula is C10H11BrN4S. The smallest absolute Gasteiger partial charge is 0.144 e. The van der Waals surface area contributed by atoms with Gasteiger partial charge in [-0.2, -0.15) is 0 Å². The van der Waals surface area contributed by atoms with Crippen molar-refractivity contribution in [1.82, 2.24) is 15.0 Å². The zero-order chi connectivity index (χ0) is 11.5. The zero-order valence-corrected chi connectivity index (χ0v) is 11.3. The molecule has 2 aromatic heterocycles. The Morgan fingerprint density at radius 2 is 2.31 bits per heavy atom. The molecule has 0 aliphatic rings. The third-order valence-corrected chi connectivity index (χ3v) is 3.75. The number of hydrogen-bond donors (Lipinski definition) is 1. The molecule has 0 aliphatic carbocycles. The molecule has 0 radical (unpaired) electrons. The minimum Gasteiger partial charge on any atom is -0.360 e. The van der Waals surface area contributed by atoms with Crippen molar-refractivity contribution in [2.24, 2.45) is 0 Å². The van der Waals surface area contributed by atoms with Gasteiger partial charge in [0.05, 0.1) is 10.5 Å². The minimum atomic E-state index is 0.143. The fourth-order valence-corrected chi connectivity index (χ4v) is 2.40. The summed E-state index contributed by atoms with van der Waals surface area (Å²) in [5.74, 6) is 0.787. The number of halogens is 1. The van der Waals surface area contributed by atoms with Crippen LogP contribution in [0.4, 0.5) is 5.82 Å². The van der Waals surface area contributed by atoms with Crippen LogP contribution in [-0.2, 0) is 0 Å². The maximum Gasteiger partial charge on any atom is 0.144 e. The summed E-state index contributed by atoms with van der Waals surface area (Å²) in [6.07, 6.45) is 3.24. The molecule has 0 saturated heterocycles. The molecule has 2 aromatic rings. The molecule has 0 spiro atoms. The molecular weight excluding hydrogens is 288 g/mol. The van der Waals surface area contributed by atoms with E-state index in [0.29, 0.717) is 0 Å². The van der Waals surface area contributed by atoms with E-state index in [1.54, 1.807) is 17.5 Å². The van der Waals surface area contributed by atoms with Gasteiger partial charge in [0, 0.05) is 17.3 Å². The molecule has 1 unspecified atom stereocenters. The molecule has 84 valence electrons. The lowest BCUT2D eigenvalue weighted by molar-refractivity contribution is 0.851. The second kappa shape index (κ2) is 4.88. The number of aromatic nitrogens is 3. The lowest BCUT2D eigenvalue weighted by Crippen LogP contribution is -2.08. The lowest BCUT2D eigenvalue weighted by atomic mass is 10.3. The quantitative estimate of drug-likeness (QED) is 0.945. The van der Waals surface area contributed by atoms with Crippen molar-refractivity contribution < 1.29 is 0 Å². The van der Waals surface area contributed by atoms with Gasteiger partial charge in [0.1, 0.15) is 17.2 Å². The first kappa shape index (κ1) is 11.5. The van der Waals surface area contributed by atoms with Crippen molar-refractivity contribution in [2.75, 3.05) is 5.32 Å². The number of rotatable bonds is 3. The Morgan fingerprint density at radius 3 is 2.94 bits per heavy atom. The summed E-state index contributed by atoms with van der Waals surface area (Å²) >= 11 is 5.05. The molecule has 4 nitrogen and oxygen atoms in total. The Bertz CT molecular complexity index is 485. The normalized spacial score (nSPS) is 12.4. The van der Waals surface area contributed by atoms with Crippen LogP contribution in [0.3, 0.4) is 0 Å². The van der Waals surface area contributed by atoms with Gasteiger partial charge in [0.2, 0.25) is 0 Å². The molecule has 0 saturated carbocycles. The van der Waals surface area contributed by atoms with Gasteiger partial charge in [-0.1, -0.05) is 0 Å². The van der Waals surface area contributed by atoms with Gasteiger partial charge in [0.15, 0.2) is 0 Å². The molecule has 2 heterocycles. The monoisotopic (exact) mass is 298 g/mol. The van der Waals surface area contributed by atoms with E-state index in [0.717, 1.165) is 21.0 Å². The SMILES string of the molecule is Cc1csc(C(C)Nc2ncncc2Br)n1. The Labute approximate surface area is 106 Å². The third kappa shape index (κ3) is 2.56. The van der Waals surface area contributed by atoms with E-state index in [-0.39, 0.29) is 6.04 Å². The van der Waals surface area contributed by atoms with E-state index in [2.05, 4.69) is 43.1 Å². The predicted molar refractivity (Wildman–Crippen MR) is 68.6 cm³/mol. The average molecular weight is 299 g/mol. The number of thiazole rings is 1. The highest BCUT2D eigenvalue weighted by Crippen LogP contribution is 2.24. The Hall–Kier alpha value is -1.01. The number of anilines is 1. The van der Waals surface area contributed by atoms with E-state index in [4.69, 9.17) is 0 Å². The molecule has 16 heavy (non-hydrogen) atoms. The summed E-state index contributed by atoms with van der Waals surface area (Å²) in [5.41, 5.74) is 1.05. The third-order valence-electron chi connectivity index (χ3n) is 2.03. The predicted octanol–water partition coefficient (Wildman–Crippen LogP) is 3.18. The van der Waals surface area contributed by atoms with Crippen molar-refractivity contribution in [3.8, 4) is 0 Å². The highest BCUT2D eigenvalue weighted by molar-refractivity contribution is 9.10. The summed E-state index contributed by atoms with van der Waals surface area (Å²) in [5, 5.41) is 6.39. The van der Waals surface area contributed by atoms with Crippen LogP contribution in [0.2, 0.25) is 0 Å². The van der Waals surface area contributed by atoms with Crippen LogP contribution < -0.4 is 5.32 Å². The van der Waals surface area contributed by atoms with Crippen molar-refractivity contribution in [3.05, 3.63) is 33.1 Å². The number of nitrogens with zero attached hydrogens (tertiary/aromatic N) is 3. The van der Waals surface area contributed by atoms with Gasteiger partial charge < -0.3 is 5.32 Å². The first-order valence-corrected chi connectivity index (χ1v) is 6.48. The summed E-state index contributed by atoms with van der Waals surface area (Å²) in [6.45, 7) is 4.06. The van der Waals surface area contributed by atoms with Crippen LogP contribution in [-0.4, -0.2) is 15.0 Å². The van der Waals surface area contributed by atoms with Crippen LogP contribution in [0.5, 0.6) is 0 Å². The highest BCUT2D eigenvalue weighted by atomic mass is 79.9. The molecule has 0 bridgehead atoms. The van der Waals surface area contributed by atoms with Crippen molar-refractivity contribution in [1.29, 1.82) is 0 Å². The van der Waals surface area contributed by atoms with Crippen LogP contribution in [0.1, 0.15) is 23.7 Å². The van der Waals surface area contributed by atoms with Crippen LogP contribution in [0.15, 0.2) is 22.4 Å². The second-order valence-corrected chi connectivity index (χ2v) is 5.16. The van der Waals surface area contributed by atoms with Crippen molar-refractivity contribution in [2.45, 2.75) is 19.9 Å². The first-order valence-electron chi connectivity index (χ1n) is 4.81. The summed E-state index contributed by atoms with van der Waals surface area (Å²) in [6, 6.07) is 0.143. The van der Waals surface area contributed by atoms with Crippen LogP contribution in [0, 0.1) is 6.92 Å². The van der Waals surface area contributed by atoms with Crippen LogP contribution in [0.25, 0.3) is 0 Å². The largest absolute Gasteiger partial charge is 0.360 e. The fourth-order valence-electron chi connectivity index (χ4n) is 1.26. The maximum absolute atomic E-state index is 4.43. The average Bonchev–Trinajstić information content (AvgIpc) is 2.68. The Kier molecular flexibility index (Phi) is 3.50. The molecule has 0 fully saturated rings. The number of hydrogen-bond acceptors (Lipinski definition) is 5. The van der Waals surface area contributed by atoms with E-state index in [9.17, 15) is 0 Å². The first-order chi connectivity index (χ1) is 7.66. The molecule has 0 aliphatic heterocycles. The minimum absolute atomic E-state index is 0.143. The van der Waals surface area contributed by atoms with E-state index in [1.807, 2.05) is 12.3 Å². The van der Waals surface area contributed by atoms with Gasteiger partial charge in [-0.15, -0.1) is 11.3 Å². The summed E-state index contributed by atoms with van der Waals surface area (Å²) in [7, 11) is 0. The maximum atomic E-state index is 4.43. The van der Waals surface area contributed by atoms with Gasteiger partial charge in [0.25, 0.3) is 0 Å². The van der Waals surface area contributed by atoms with Crippen molar-refractivity contribution >= 4 is 33.1 Å².